The molecule has 1 aliphatic rings. The van der Waals surface area contributed by atoms with Gasteiger partial charge in [0.2, 0.25) is 0 Å². The number of nitrogens with zero attached hydrogens (tertiary/aromatic N) is 2. The Morgan fingerprint density at radius 2 is 1.96 bits per heavy atom. The molecule has 120 valence electrons. The van der Waals surface area contributed by atoms with Crippen LogP contribution in [0.25, 0.3) is 5.69 Å². The lowest BCUT2D eigenvalue weighted by atomic mass is 10.1. The second-order valence-corrected chi connectivity index (χ2v) is 5.77. The van der Waals surface area contributed by atoms with Crippen LogP contribution >= 0.6 is 0 Å². The minimum absolute atomic E-state index is 0.0791. The van der Waals surface area contributed by atoms with Crippen molar-refractivity contribution in [2.24, 2.45) is 0 Å². The monoisotopic (exact) mass is 311 g/mol. The maximum atomic E-state index is 12.3. The number of hydrogen-bond donors (Lipinski definition) is 1. The molecule has 2 aromatic rings. The number of aryl methyl sites for hydroxylation is 1. The predicted octanol–water partition coefficient (Wildman–Crippen LogP) is 3.51. The van der Waals surface area contributed by atoms with Gasteiger partial charge in [0, 0.05) is 17.1 Å². The van der Waals surface area contributed by atoms with Crippen LogP contribution in [0.5, 0.6) is 0 Å². The Kier molecular flexibility index (Phi) is 4.19. The van der Waals surface area contributed by atoms with Crippen molar-refractivity contribution in [1.29, 1.82) is 0 Å². The first-order valence-corrected chi connectivity index (χ1v) is 7.81. The first-order chi connectivity index (χ1) is 11.1. The van der Waals surface area contributed by atoms with Gasteiger partial charge in [0.15, 0.2) is 0 Å². The number of aromatic nitrogens is 2. The summed E-state index contributed by atoms with van der Waals surface area (Å²) in [6.07, 6.45) is 3.47. The van der Waals surface area contributed by atoms with Gasteiger partial charge in [0.1, 0.15) is 5.76 Å². The minimum atomic E-state index is -0.0791. The van der Waals surface area contributed by atoms with Gasteiger partial charge in [-0.05, 0) is 57.9 Å². The van der Waals surface area contributed by atoms with Crippen LogP contribution in [0.3, 0.4) is 0 Å². The van der Waals surface area contributed by atoms with Crippen molar-refractivity contribution in [3.05, 3.63) is 53.3 Å². The quantitative estimate of drug-likeness (QED) is 0.943. The van der Waals surface area contributed by atoms with Crippen LogP contribution < -0.4 is 5.32 Å². The predicted molar refractivity (Wildman–Crippen MR) is 89.6 cm³/mol. The molecule has 0 saturated carbocycles. The number of hydrogen-bond acceptors (Lipinski definition) is 3. The SMILES string of the molecule is CC1=C(C(=O)Nc2ccc(-n3cnc(C)c3C)cc2)CCCO1. The highest BCUT2D eigenvalue weighted by Crippen LogP contribution is 2.21. The molecule has 0 bridgehead atoms. The fraction of sp³-hybridized carbons (Fsp3) is 0.333. The molecule has 0 atom stereocenters. The van der Waals surface area contributed by atoms with Gasteiger partial charge in [-0.1, -0.05) is 0 Å². The van der Waals surface area contributed by atoms with Crippen molar-refractivity contribution in [2.75, 3.05) is 11.9 Å². The lowest BCUT2D eigenvalue weighted by molar-refractivity contribution is -0.113. The zero-order chi connectivity index (χ0) is 16.4. The molecule has 23 heavy (non-hydrogen) atoms. The van der Waals surface area contributed by atoms with Crippen molar-refractivity contribution in [3.63, 3.8) is 0 Å². The zero-order valence-electron chi connectivity index (χ0n) is 13.7. The number of allylic oxidation sites excluding steroid dienone is 1. The van der Waals surface area contributed by atoms with E-state index in [1.165, 1.54) is 0 Å². The van der Waals surface area contributed by atoms with Gasteiger partial charge in [0.25, 0.3) is 5.91 Å². The molecule has 1 N–H and O–H groups in total. The number of rotatable bonds is 3. The number of imidazole rings is 1. The number of benzene rings is 1. The third kappa shape index (κ3) is 3.13. The molecular formula is C18H21N3O2. The Hall–Kier alpha value is -2.56. The number of anilines is 1. The molecule has 3 rings (SSSR count). The van der Waals surface area contributed by atoms with E-state index in [1.807, 2.05) is 55.9 Å². The van der Waals surface area contributed by atoms with Crippen LogP contribution in [0, 0.1) is 13.8 Å². The Labute approximate surface area is 136 Å². The Morgan fingerprint density at radius 3 is 2.57 bits per heavy atom. The van der Waals surface area contributed by atoms with Gasteiger partial charge in [-0.15, -0.1) is 0 Å². The average Bonchev–Trinajstić information content (AvgIpc) is 2.88. The van der Waals surface area contributed by atoms with Gasteiger partial charge in [-0.2, -0.15) is 0 Å². The van der Waals surface area contributed by atoms with Crippen molar-refractivity contribution >= 4 is 11.6 Å². The molecule has 5 nitrogen and oxygen atoms in total. The molecular weight excluding hydrogens is 290 g/mol. The van der Waals surface area contributed by atoms with E-state index in [1.54, 1.807) is 0 Å². The molecule has 1 aromatic heterocycles. The molecule has 0 unspecified atom stereocenters. The fourth-order valence-corrected chi connectivity index (χ4v) is 2.68. The molecule has 5 heteroatoms. The summed E-state index contributed by atoms with van der Waals surface area (Å²) in [5.41, 5.74) is 4.67. The largest absolute Gasteiger partial charge is 0.498 e. The van der Waals surface area contributed by atoms with Crippen molar-refractivity contribution in [2.45, 2.75) is 33.6 Å². The van der Waals surface area contributed by atoms with E-state index >= 15 is 0 Å². The van der Waals surface area contributed by atoms with Crippen LogP contribution in [0.1, 0.15) is 31.2 Å². The first-order valence-electron chi connectivity index (χ1n) is 7.81. The summed E-state index contributed by atoms with van der Waals surface area (Å²) in [7, 11) is 0. The van der Waals surface area contributed by atoms with Gasteiger partial charge in [-0.25, -0.2) is 4.98 Å². The summed E-state index contributed by atoms with van der Waals surface area (Å²) in [4.78, 5) is 16.6. The summed E-state index contributed by atoms with van der Waals surface area (Å²) in [6.45, 7) is 6.57. The zero-order valence-corrected chi connectivity index (χ0v) is 13.7. The summed E-state index contributed by atoms with van der Waals surface area (Å²) >= 11 is 0. The molecule has 0 radical (unpaired) electrons. The summed E-state index contributed by atoms with van der Waals surface area (Å²) in [5.74, 6) is 0.652. The lowest BCUT2D eigenvalue weighted by Gasteiger charge is -2.18. The number of ether oxygens (including phenoxy) is 1. The molecule has 2 heterocycles. The van der Waals surface area contributed by atoms with Gasteiger partial charge in [0.05, 0.1) is 24.2 Å². The van der Waals surface area contributed by atoms with Crippen LogP contribution in [-0.2, 0) is 9.53 Å². The highest BCUT2D eigenvalue weighted by molar-refractivity contribution is 6.04. The lowest BCUT2D eigenvalue weighted by Crippen LogP contribution is -2.19. The van der Waals surface area contributed by atoms with E-state index in [4.69, 9.17) is 4.74 Å². The van der Waals surface area contributed by atoms with Crippen molar-refractivity contribution in [1.82, 2.24) is 9.55 Å². The normalized spacial score (nSPS) is 14.6. The molecule has 1 aromatic carbocycles. The fourth-order valence-electron chi connectivity index (χ4n) is 2.68. The summed E-state index contributed by atoms with van der Waals surface area (Å²) < 4.78 is 7.48. The maximum absolute atomic E-state index is 12.3. The van der Waals surface area contributed by atoms with Crippen molar-refractivity contribution < 1.29 is 9.53 Å². The number of nitrogens with one attached hydrogen (secondary N) is 1. The Balaban J connectivity index is 1.75. The van der Waals surface area contributed by atoms with Crippen LogP contribution in [0.15, 0.2) is 41.9 Å². The van der Waals surface area contributed by atoms with E-state index in [-0.39, 0.29) is 5.91 Å². The number of carbonyl (C=O) groups excluding carboxylic acids is 1. The Morgan fingerprint density at radius 1 is 1.22 bits per heavy atom. The Bertz CT molecular complexity index is 757. The van der Waals surface area contributed by atoms with E-state index < -0.39 is 0 Å². The summed E-state index contributed by atoms with van der Waals surface area (Å²) in [6, 6.07) is 7.76. The second kappa shape index (κ2) is 6.28. The van der Waals surface area contributed by atoms with E-state index in [0.717, 1.165) is 46.9 Å². The highest BCUT2D eigenvalue weighted by atomic mass is 16.5. The average molecular weight is 311 g/mol. The molecule has 1 aliphatic heterocycles. The van der Waals surface area contributed by atoms with Crippen molar-refractivity contribution in [3.8, 4) is 5.69 Å². The van der Waals surface area contributed by atoms with Gasteiger partial charge in [-0.3, -0.25) is 4.79 Å². The van der Waals surface area contributed by atoms with Gasteiger partial charge >= 0.3 is 0 Å². The third-order valence-electron chi connectivity index (χ3n) is 4.24. The van der Waals surface area contributed by atoms with Crippen LogP contribution in [0.2, 0.25) is 0 Å². The smallest absolute Gasteiger partial charge is 0.254 e. The minimum Gasteiger partial charge on any atom is -0.498 e. The standard InChI is InChI=1S/C18H21N3O2/c1-12-13(2)21(11-19-12)16-8-6-15(7-9-16)20-18(22)17-5-4-10-23-14(17)3/h6-9,11H,4-5,10H2,1-3H3,(H,20,22). The highest BCUT2D eigenvalue weighted by Gasteiger charge is 2.17. The van der Waals surface area contributed by atoms with Gasteiger partial charge < -0.3 is 14.6 Å². The molecule has 0 aliphatic carbocycles. The molecule has 0 spiro atoms. The second-order valence-electron chi connectivity index (χ2n) is 5.77. The number of carbonyl (C=O) groups is 1. The molecule has 0 saturated heterocycles. The van der Waals surface area contributed by atoms with Crippen LogP contribution in [0.4, 0.5) is 5.69 Å². The third-order valence-corrected chi connectivity index (χ3v) is 4.24. The molecule has 1 amide bonds. The number of amides is 1. The summed E-state index contributed by atoms with van der Waals surface area (Å²) in [5, 5.41) is 2.94. The topological polar surface area (TPSA) is 56.2 Å². The van der Waals surface area contributed by atoms with Crippen LogP contribution in [-0.4, -0.2) is 22.1 Å². The molecule has 0 fully saturated rings. The maximum Gasteiger partial charge on any atom is 0.254 e. The van der Waals surface area contributed by atoms with E-state index in [9.17, 15) is 4.79 Å². The van der Waals surface area contributed by atoms with E-state index in [0.29, 0.717) is 6.61 Å². The first kappa shape index (κ1) is 15.3. The van der Waals surface area contributed by atoms with E-state index in [2.05, 4.69) is 10.3 Å².